The Morgan fingerprint density at radius 1 is 1.06 bits per heavy atom. The molecule has 0 amide bonds. The smallest absolute Gasteiger partial charge is 0.134 e. The zero-order chi connectivity index (χ0) is 13.3. The molecule has 0 saturated carbocycles. The van der Waals surface area contributed by atoms with Gasteiger partial charge in [-0.1, -0.05) is 34.8 Å². The van der Waals surface area contributed by atoms with E-state index in [1.807, 2.05) is 0 Å². The van der Waals surface area contributed by atoms with Crippen LogP contribution in [0.4, 0.5) is 21.6 Å². The number of pyridine rings is 1. The maximum atomic E-state index is 13.0. The van der Waals surface area contributed by atoms with Crippen molar-refractivity contribution >= 4 is 52.0 Å². The summed E-state index contributed by atoms with van der Waals surface area (Å²) in [7, 11) is 0. The van der Waals surface area contributed by atoms with Gasteiger partial charge in [0.1, 0.15) is 16.8 Å². The molecule has 0 bridgehead atoms. The SMILES string of the molecule is Nc1cc(Cl)nc(Nc2c(Cl)cc(F)cc2Cl)c1. The van der Waals surface area contributed by atoms with Crippen LogP contribution in [0.1, 0.15) is 0 Å². The Hall–Kier alpha value is -1.23. The number of hydrogen-bond acceptors (Lipinski definition) is 3. The van der Waals surface area contributed by atoms with Crippen molar-refractivity contribution in [2.75, 3.05) is 11.1 Å². The molecule has 1 heterocycles. The van der Waals surface area contributed by atoms with Crippen LogP contribution < -0.4 is 11.1 Å². The predicted octanol–water partition coefficient (Wildman–Crippen LogP) is 4.51. The van der Waals surface area contributed by atoms with Gasteiger partial charge in [-0.05, 0) is 18.2 Å². The van der Waals surface area contributed by atoms with Gasteiger partial charge in [0, 0.05) is 11.8 Å². The van der Waals surface area contributed by atoms with E-state index in [0.29, 0.717) is 17.2 Å². The van der Waals surface area contributed by atoms with Gasteiger partial charge in [0.25, 0.3) is 0 Å². The van der Waals surface area contributed by atoms with Gasteiger partial charge in [-0.25, -0.2) is 9.37 Å². The van der Waals surface area contributed by atoms with Gasteiger partial charge in [0.2, 0.25) is 0 Å². The Bertz CT molecular complexity index is 561. The molecule has 7 heteroatoms. The number of nitrogens with zero attached hydrogens (tertiary/aromatic N) is 1. The Morgan fingerprint density at radius 2 is 1.67 bits per heavy atom. The summed E-state index contributed by atoms with van der Waals surface area (Å²) in [6.45, 7) is 0. The average molecular weight is 307 g/mol. The minimum Gasteiger partial charge on any atom is -0.399 e. The molecule has 0 radical (unpaired) electrons. The minimum atomic E-state index is -0.519. The number of aromatic nitrogens is 1. The van der Waals surface area contributed by atoms with E-state index in [4.69, 9.17) is 40.5 Å². The lowest BCUT2D eigenvalue weighted by molar-refractivity contribution is 0.628. The third-order valence-electron chi connectivity index (χ3n) is 2.08. The summed E-state index contributed by atoms with van der Waals surface area (Å²) < 4.78 is 13.0. The van der Waals surface area contributed by atoms with Gasteiger partial charge in [0.15, 0.2) is 0 Å². The van der Waals surface area contributed by atoms with E-state index in [0.717, 1.165) is 12.1 Å². The van der Waals surface area contributed by atoms with Crippen LogP contribution in [0.2, 0.25) is 15.2 Å². The number of halogens is 4. The van der Waals surface area contributed by atoms with Crippen LogP contribution in [0.15, 0.2) is 24.3 Å². The molecule has 2 aromatic rings. The summed E-state index contributed by atoms with van der Waals surface area (Å²) in [5, 5.41) is 3.35. The summed E-state index contributed by atoms with van der Waals surface area (Å²) in [6.07, 6.45) is 0. The van der Waals surface area contributed by atoms with Crippen molar-refractivity contribution in [3.05, 3.63) is 45.3 Å². The molecule has 3 N–H and O–H groups in total. The molecule has 2 rings (SSSR count). The van der Waals surface area contributed by atoms with E-state index in [1.165, 1.54) is 6.07 Å². The highest BCUT2D eigenvalue weighted by Crippen LogP contribution is 2.33. The molecule has 18 heavy (non-hydrogen) atoms. The first-order chi connectivity index (χ1) is 8.45. The first-order valence-corrected chi connectivity index (χ1v) is 5.94. The van der Waals surface area contributed by atoms with Crippen molar-refractivity contribution in [3.8, 4) is 0 Å². The maximum Gasteiger partial charge on any atom is 0.134 e. The molecule has 0 spiro atoms. The lowest BCUT2D eigenvalue weighted by Crippen LogP contribution is -1.98. The molecule has 0 fully saturated rings. The lowest BCUT2D eigenvalue weighted by atomic mass is 10.3. The van der Waals surface area contributed by atoms with Gasteiger partial charge in [-0.15, -0.1) is 0 Å². The van der Waals surface area contributed by atoms with Crippen molar-refractivity contribution in [3.63, 3.8) is 0 Å². The standard InChI is InChI=1S/C11H7Cl3FN3/c12-7-1-5(15)2-8(13)11(7)18-10-4-6(16)3-9(14)17-10/h1-4H,(H3,16,17,18). The normalized spacial score (nSPS) is 10.4. The van der Waals surface area contributed by atoms with Gasteiger partial charge >= 0.3 is 0 Å². The van der Waals surface area contributed by atoms with Crippen LogP contribution >= 0.6 is 34.8 Å². The molecule has 0 unspecified atom stereocenters. The second kappa shape index (κ2) is 5.18. The zero-order valence-electron chi connectivity index (χ0n) is 8.85. The monoisotopic (exact) mass is 305 g/mol. The van der Waals surface area contributed by atoms with Gasteiger partial charge in [0.05, 0.1) is 15.7 Å². The summed E-state index contributed by atoms with van der Waals surface area (Å²) in [5.74, 6) is -0.149. The number of hydrogen-bond donors (Lipinski definition) is 2. The molecule has 0 aliphatic heterocycles. The number of nitrogens with two attached hydrogens (primary N) is 1. The molecule has 0 atom stereocenters. The topological polar surface area (TPSA) is 50.9 Å². The fourth-order valence-corrected chi connectivity index (χ4v) is 2.14. The number of nitrogen functional groups attached to an aromatic ring is 1. The van der Waals surface area contributed by atoms with Crippen molar-refractivity contribution in [1.82, 2.24) is 4.98 Å². The first kappa shape index (κ1) is 13.2. The molecule has 0 saturated heterocycles. The van der Waals surface area contributed by atoms with E-state index >= 15 is 0 Å². The number of rotatable bonds is 2. The largest absolute Gasteiger partial charge is 0.399 e. The molecule has 1 aromatic heterocycles. The highest BCUT2D eigenvalue weighted by Gasteiger charge is 2.10. The second-order valence-electron chi connectivity index (χ2n) is 3.48. The summed E-state index contributed by atoms with van der Waals surface area (Å²) in [4.78, 5) is 4.00. The average Bonchev–Trinajstić information content (AvgIpc) is 2.22. The van der Waals surface area contributed by atoms with Crippen molar-refractivity contribution < 1.29 is 4.39 Å². The van der Waals surface area contributed by atoms with Crippen LogP contribution in [-0.2, 0) is 0 Å². The molecular weight excluding hydrogens is 299 g/mol. The third kappa shape index (κ3) is 2.96. The van der Waals surface area contributed by atoms with Crippen LogP contribution in [0.25, 0.3) is 0 Å². The third-order valence-corrected chi connectivity index (χ3v) is 2.87. The zero-order valence-corrected chi connectivity index (χ0v) is 11.1. The first-order valence-electron chi connectivity index (χ1n) is 4.80. The van der Waals surface area contributed by atoms with Gasteiger partial charge in [-0.3, -0.25) is 0 Å². The molecule has 3 nitrogen and oxygen atoms in total. The van der Waals surface area contributed by atoms with Crippen molar-refractivity contribution in [2.45, 2.75) is 0 Å². The fourth-order valence-electron chi connectivity index (χ4n) is 1.37. The van der Waals surface area contributed by atoms with Crippen LogP contribution in [0.3, 0.4) is 0 Å². The Morgan fingerprint density at radius 3 is 2.22 bits per heavy atom. The Labute approximate surface area is 118 Å². The van der Waals surface area contributed by atoms with Crippen LogP contribution in [0.5, 0.6) is 0 Å². The van der Waals surface area contributed by atoms with Crippen molar-refractivity contribution in [1.29, 1.82) is 0 Å². The molecule has 94 valence electrons. The van der Waals surface area contributed by atoms with Crippen LogP contribution in [-0.4, -0.2) is 4.98 Å². The lowest BCUT2D eigenvalue weighted by Gasteiger charge is -2.10. The van der Waals surface area contributed by atoms with Gasteiger partial charge in [-0.2, -0.15) is 0 Å². The van der Waals surface area contributed by atoms with E-state index in [9.17, 15) is 4.39 Å². The Balaban J connectivity index is 2.40. The number of nitrogens with one attached hydrogen (secondary N) is 1. The molecule has 0 aliphatic rings. The minimum absolute atomic E-state index is 0.139. The van der Waals surface area contributed by atoms with E-state index in [1.54, 1.807) is 6.07 Å². The summed E-state index contributed by atoms with van der Waals surface area (Å²) in [6, 6.07) is 5.34. The Kier molecular flexibility index (Phi) is 3.80. The molecule has 0 aliphatic carbocycles. The number of anilines is 3. The molecule has 1 aromatic carbocycles. The fraction of sp³-hybridized carbons (Fsp3) is 0. The van der Waals surface area contributed by atoms with E-state index in [-0.39, 0.29) is 15.2 Å². The predicted molar refractivity (Wildman–Crippen MR) is 73.4 cm³/mol. The van der Waals surface area contributed by atoms with Gasteiger partial charge < -0.3 is 11.1 Å². The highest BCUT2D eigenvalue weighted by atomic mass is 35.5. The van der Waals surface area contributed by atoms with E-state index < -0.39 is 5.82 Å². The quantitative estimate of drug-likeness (QED) is 0.803. The second-order valence-corrected chi connectivity index (χ2v) is 4.68. The maximum absolute atomic E-state index is 13.0. The number of benzene rings is 1. The van der Waals surface area contributed by atoms with Crippen LogP contribution in [0, 0.1) is 5.82 Å². The van der Waals surface area contributed by atoms with E-state index in [2.05, 4.69) is 10.3 Å². The summed E-state index contributed by atoms with van der Waals surface area (Å²) in [5.41, 5.74) is 6.40. The summed E-state index contributed by atoms with van der Waals surface area (Å²) >= 11 is 17.5. The highest BCUT2D eigenvalue weighted by molar-refractivity contribution is 6.39. The molecular formula is C11H7Cl3FN3. The van der Waals surface area contributed by atoms with Crippen molar-refractivity contribution in [2.24, 2.45) is 0 Å².